The number of hydrogen-bond acceptors (Lipinski definition) is 7. The molecule has 32 heavy (non-hydrogen) atoms. The predicted octanol–water partition coefficient (Wildman–Crippen LogP) is 4.57. The van der Waals surface area contributed by atoms with Gasteiger partial charge in [-0.15, -0.1) is 0 Å². The van der Waals surface area contributed by atoms with Crippen LogP contribution >= 0.6 is 0 Å². The fourth-order valence-electron chi connectivity index (χ4n) is 3.15. The average Bonchev–Trinajstić information content (AvgIpc) is 2.83. The molecule has 1 aromatic heterocycles. The van der Waals surface area contributed by atoms with E-state index in [1.165, 1.54) is 20.1 Å². The minimum Gasteiger partial charge on any atom is -0.507 e. The Hall–Kier alpha value is -4.39. The highest BCUT2D eigenvalue weighted by molar-refractivity contribution is 5.95. The number of ketones is 1. The first-order valence-corrected chi connectivity index (χ1v) is 9.81. The van der Waals surface area contributed by atoms with Crippen LogP contribution in [0, 0.1) is 0 Å². The third-order valence-electron chi connectivity index (χ3n) is 4.88. The summed E-state index contributed by atoms with van der Waals surface area (Å²) in [6, 6.07) is 20.7. The first kappa shape index (κ1) is 20.9. The second-order valence-electron chi connectivity index (χ2n) is 7.03. The summed E-state index contributed by atoms with van der Waals surface area (Å²) in [5.41, 5.74) is 2.62. The molecule has 0 bridgehead atoms. The van der Waals surface area contributed by atoms with E-state index in [1.807, 2.05) is 30.3 Å². The number of phenolic OH excluding ortho intramolecular Hbond substituents is 1. The van der Waals surface area contributed by atoms with Crippen LogP contribution in [0.4, 0.5) is 0 Å². The van der Waals surface area contributed by atoms with Crippen molar-refractivity contribution in [1.29, 1.82) is 0 Å². The number of aromatic nitrogens is 3. The Kier molecular flexibility index (Phi) is 5.72. The Bertz CT molecular complexity index is 1300. The molecule has 0 spiro atoms. The van der Waals surface area contributed by atoms with Gasteiger partial charge < -0.3 is 9.84 Å². The molecule has 0 radical (unpaired) electrons. The molecule has 0 unspecified atom stereocenters. The smallest absolute Gasteiger partial charge is 0.337 e. The van der Waals surface area contributed by atoms with Crippen molar-refractivity contribution in [3.05, 3.63) is 83.9 Å². The average molecular weight is 425 g/mol. The maximum atomic E-state index is 11.7. The number of esters is 1. The number of benzene rings is 3. The molecule has 3 aromatic carbocycles. The molecule has 7 nitrogen and oxygen atoms in total. The number of phenols is 1. The minimum atomic E-state index is -0.437. The van der Waals surface area contributed by atoms with Gasteiger partial charge in [0.05, 0.1) is 18.2 Å². The number of ether oxygens (including phenoxy) is 1. The monoisotopic (exact) mass is 425 g/mol. The van der Waals surface area contributed by atoms with E-state index < -0.39 is 5.97 Å². The van der Waals surface area contributed by atoms with Gasteiger partial charge in [0.2, 0.25) is 0 Å². The third kappa shape index (κ3) is 4.22. The van der Waals surface area contributed by atoms with Gasteiger partial charge in [-0.1, -0.05) is 48.5 Å². The molecule has 0 amide bonds. The zero-order valence-corrected chi connectivity index (χ0v) is 17.4. The van der Waals surface area contributed by atoms with Gasteiger partial charge in [0.1, 0.15) is 5.75 Å². The molecule has 1 N–H and O–H groups in total. The molecule has 4 rings (SSSR count). The van der Waals surface area contributed by atoms with Crippen molar-refractivity contribution >= 4 is 11.8 Å². The summed E-state index contributed by atoms with van der Waals surface area (Å²) >= 11 is 0. The molecule has 4 aromatic rings. The van der Waals surface area contributed by atoms with Crippen molar-refractivity contribution in [3.63, 3.8) is 0 Å². The van der Waals surface area contributed by atoms with Gasteiger partial charge in [-0.3, -0.25) is 4.79 Å². The number of rotatable bonds is 5. The van der Waals surface area contributed by atoms with Crippen molar-refractivity contribution in [1.82, 2.24) is 15.0 Å². The highest BCUT2D eigenvalue weighted by Gasteiger charge is 2.16. The summed E-state index contributed by atoms with van der Waals surface area (Å²) in [5.74, 6) is 0.374. The van der Waals surface area contributed by atoms with Crippen molar-refractivity contribution in [3.8, 4) is 39.9 Å². The number of carbonyl (C=O) groups is 2. The van der Waals surface area contributed by atoms with Gasteiger partial charge in [0.15, 0.2) is 23.3 Å². The Balaban J connectivity index is 1.86. The number of carbonyl (C=O) groups excluding carboxylic acids is 2. The number of Topliss-reactive ketones (excluding diaryl/α,β-unsaturated/α-hetero) is 1. The summed E-state index contributed by atoms with van der Waals surface area (Å²) in [5, 5.41) is 10.5. The molecule has 0 aliphatic heterocycles. The minimum absolute atomic E-state index is 0.102. The third-order valence-corrected chi connectivity index (χ3v) is 4.88. The van der Waals surface area contributed by atoms with E-state index in [0.717, 1.165) is 5.56 Å². The van der Waals surface area contributed by atoms with Crippen LogP contribution in [0.3, 0.4) is 0 Å². The van der Waals surface area contributed by atoms with Gasteiger partial charge in [0, 0.05) is 16.7 Å². The second kappa shape index (κ2) is 8.77. The molecular formula is C25H19N3O4. The lowest BCUT2D eigenvalue weighted by molar-refractivity contribution is 0.0600. The van der Waals surface area contributed by atoms with E-state index in [2.05, 4.69) is 15.0 Å². The van der Waals surface area contributed by atoms with Crippen molar-refractivity contribution in [2.75, 3.05) is 7.11 Å². The van der Waals surface area contributed by atoms with E-state index in [0.29, 0.717) is 33.9 Å². The van der Waals surface area contributed by atoms with Crippen LogP contribution in [0.1, 0.15) is 27.6 Å². The SMILES string of the molecule is COC(=O)c1ccc(-c2nc(-c3ccccc3)nc(-c3ccc(C(C)=O)cc3O)n2)cc1. The van der Waals surface area contributed by atoms with Gasteiger partial charge >= 0.3 is 5.97 Å². The zero-order chi connectivity index (χ0) is 22.7. The quantitative estimate of drug-likeness (QED) is 0.369. The lowest BCUT2D eigenvalue weighted by atomic mass is 10.1. The molecule has 0 fully saturated rings. The standard InChI is InChI=1S/C25H19N3O4/c1-15(29)19-12-13-20(21(30)14-19)24-27-22(16-6-4-3-5-7-16)26-23(28-24)17-8-10-18(11-9-17)25(31)32-2/h3-14,30H,1-2H3. The molecule has 0 saturated carbocycles. The van der Waals surface area contributed by atoms with E-state index in [1.54, 1.807) is 36.4 Å². The van der Waals surface area contributed by atoms with Gasteiger partial charge in [-0.25, -0.2) is 19.7 Å². The number of methoxy groups -OCH3 is 1. The molecule has 0 atom stereocenters. The molecule has 0 saturated heterocycles. The summed E-state index contributed by atoms with van der Waals surface area (Å²) in [6.45, 7) is 1.43. The molecular weight excluding hydrogens is 406 g/mol. The zero-order valence-electron chi connectivity index (χ0n) is 17.4. The summed E-state index contributed by atoms with van der Waals surface area (Å²) in [7, 11) is 1.32. The van der Waals surface area contributed by atoms with Crippen LogP contribution in [0.25, 0.3) is 34.2 Å². The van der Waals surface area contributed by atoms with Crippen LogP contribution in [-0.2, 0) is 4.74 Å². The van der Waals surface area contributed by atoms with Crippen LogP contribution in [0.5, 0.6) is 5.75 Å². The van der Waals surface area contributed by atoms with Crippen LogP contribution in [-0.4, -0.2) is 38.9 Å². The van der Waals surface area contributed by atoms with Gasteiger partial charge in [-0.2, -0.15) is 0 Å². The number of aromatic hydroxyl groups is 1. The topological polar surface area (TPSA) is 102 Å². The lowest BCUT2D eigenvalue weighted by Crippen LogP contribution is -2.02. The largest absolute Gasteiger partial charge is 0.507 e. The normalized spacial score (nSPS) is 10.6. The molecule has 0 aliphatic carbocycles. The van der Waals surface area contributed by atoms with Crippen molar-refractivity contribution in [2.24, 2.45) is 0 Å². The maximum absolute atomic E-state index is 11.7. The summed E-state index contributed by atoms with van der Waals surface area (Å²) < 4.78 is 4.74. The molecule has 158 valence electrons. The summed E-state index contributed by atoms with van der Waals surface area (Å²) in [4.78, 5) is 37.1. The number of hydrogen-bond donors (Lipinski definition) is 1. The first-order chi connectivity index (χ1) is 15.5. The van der Waals surface area contributed by atoms with Crippen molar-refractivity contribution < 1.29 is 19.4 Å². The van der Waals surface area contributed by atoms with Gasteiger partial charge in [0.25, 0.3) is 0 Å². The Morgan fingerprint density at radius 3 is 1.88 bits per heavy atom. The first-order valence-electron chi connectivity index (χ1n) is 9.81. The van der Waals surface area contributed by atoms with Crippen LogP contribution < -0.4 is 0 Å². The van der Waals surface area contributed by atoms with E-state index in [9.17, 15) is 14.7 Å². The highest BCUT2D eigenvalue weighted by Crippen LogP contribution is 2.30. The molecule has 7 heteroatoms. The van der Waals surface area contributed by atoms with E-state index in [-0.39, 0.29) is 17.4 Å². The maximum Gasteiger partial charge on any atom is 0.337 e. The Morgan fingerprint density at radius 2 is 1.31 bits per heavy atom. The predicted molar refractivity (Wildman–Crippen MR) is 119 cm³/mol. The second-order valence-corrected chi connectivity index (χ2v) is 7.03. The lowest BCUT2D eigenvalue weighted by Gasteiger charge is -2.10. The fourth-order valence-corrected chi connectivity index (χ4v) is 3.15. The number of nitrogens with zero attached hydrogens (tertiary/aromatic N) is 3. The van der Waals surface area contributed by atoms with Crippen LogP contribution in [0.2, 0.25) is 0 Å². The highest BCUT2D eigenvalue weighted by atomic mass is 16.5. The fraction of sp³-hybridized carbons (Fsp3) is 0.0800. The Labute approximate surface area is 184 Å². The molecule has 0 aliphatic rings. The van der Waals surface area contributed by atoms with Crippen LogP contribution in [0.15, 0.2) is 72.8 Å². The van der Waals surface area contributed by atoms with E-state index >= 15 is 0 Å². The Morgan fingerprint density at radius 1 is 0.750 bits per heavy atom. The van der Waals surface area contributed by atoms with Gasteiger partial charge in [-0.05, 0) is 31.2 Å². The van der Waals surface area contributed by atoms with E-state index in [4.69, 9.17) is 4.74 Å². The summed E-state index contributed by atoms with van der Waals surface area (Å²) in [6.07, 6.45) is 0. The molecule has 1 heterocycles. The van der Waals surface area contributed by atoms with Crippen molar-refractivity contribution in [2.45, 2.75) is 6.92 Å².